The van der Waals surface area contributed by atoms with Gasteiger partial charge in [0.25, 0.3) is 11.7 Å². The number of amides is 1. The van der Waals surface area contributed by atoms with Gasteiger partial charge in [-0.1, -0.05) is 92.7 Å². The maximum atomic E-state index is 13.5. The number of methoxy groups -OCH3 is 1. The highest BCUT2D eigenvalue weighted by Crippen LogP contribution is 2.41. The molecule has 1 amide bonds. The van der Waals surface area contributed by atoms with E-state index >= 15 is 0 Å². The van der Waals surface area contributed by atoms with Crippen LogP contribution in [0, 0.1) is 0 Å². The van der Waals surface area contributed by atoms with E-state index in [1.807, 2.05) is 84.9 Å². The van der Waals surface area contributed by atoms with Crippen molar-refractivity contribution in [3.05, 3.63) is 119 Å². The fourth-order valence-corrected chi connectivity index (χ4v) is 4.96. The van der Waals surface area contributed by atoms with Crippen LogP contribution in [0.15, 0.2) is 96.6 Å². The average Bonchev–Trinajstić information content (AvgIpc) is 3.17. The number of para-hydroxylation sites is 1. The van der Waals surface area contributed by atoms with E-state index in [1.165, 1.54) is 4.90 Å². The number of benzene rings is 4. The zero-order valence-corrected chi connectivity index (χ0v) is 21.1. The first kappa shape index (κ1) is 24.3. The molecular formula is C32H29NO4. The SMILES string of the molecule is COc1ccccc1CN1C(=O)C(=O)/C(=C(\O)c2ccc3ccccc3c2)C1c1ccc(C(C)C)cc1. The average molecular weight is 492 g/mol. The highest BCUT2D eigenvalue weighted by Gasteiger charge is 2.46. The molecule has 1 unspecified atom stereocenters. The smallest absolute Gasteiger partial charge is 0.295 e. The Kier molecular flexibility index (Phi) is 6.53. The quantitative estimate of drug-likeness (QED) is 0.188. The standard InChI is InChI=1S/C32H29NO4/c1-20(2)21-12-15-23(16-13-21)29-28(30(34)25-17-14-22-8-4-5-9-24(22)18-25)31(35)32(36)33(29)19-26-10-6-7-11-27(26)37-3/h4-18,20,29,34H,19H2,1-3H3/b30-28-. The number of aliphatic hydroxyl groups is 1. The summed E-state index contributed by atoms with van der Waals surface area (Å²) < 4.78 is 5.50. The Balaban J connectivity index is 1.66. The third-order valence-corrected chi connectivity index (χ3v) is 7.01. The summed E-state index contributed by atoms with van der Waals surface area (Å²) in [6.45, 7) is 4.39. The minimum Gasteiger partial charge on any atom is -0.507 e. The van der Waals surface area contributed by atoms with Crippen LogP contribution in [0.4, 0.5) is 0 Å². The second kappa shape index (κ2) is 9.94. The third-order valence-electron chi connectivity index (χ3n) is 7.01. The van der Waals surface area contributed by atoms with Crippen LogP contribution < -0.4 is 4.74 Å². The number of nitrogens with zero attached hydrogens (tertiary/aromatic N) is 1. The Morgan fingerprint density at radius 2 is 1.57 bits per heavy atom. The van der Waals surface area contributed by atoms with Crippen LogP contribution in [0.25, 0.3) is 16.5 Å². The van der Waals surface area contributed by atoms with Crippen molar-refractivity contribution in [2.45, 2.75) is 32.4 Å². The lowest BCUT2D eigenvalue weighted by atomic mass is 9.92. The van der Waals surface area contributed by atoms with Gasteiger partial charge < -0.3 is 14.7 Å². The minimum absolute atomic E-state index is 0.0903. The summed E-state index contributed by atoms with van der Waals surface area (Å²) in [5, 5.41) is 13.4. The van der Waals surface area contributed by atoms with Crippen LogP contribution in [-0.4, -0.2) is 28.8 Å². The molecule has 186 valence electrons. The van der Waals surface area contributed by atoms with Gasteiger partial charge in [-0.05, 0) is 39.9 Å². The maximum absolute atomic E-state index is 13.5. The van der Waals surface area contributed by atoms with Gasteiger partial charge in [-0.3, -0.25) is 9.59 Å². The summed E-state index contributed by atoms with van der Waals surface area (Å²) in [5.74, 6) is -0.548. The summed E-state index contributed by atoms with van der Waals surface area (Å²) in [6.07, 6.45) is 0. The molecule has 1 N–H and O–H groups in total. The maximum Gasteiger partial charge on any atom is 0.295 e. The summed E-state index contributed by atoms with van der Waals surface area (Å²) in [6, 6.07) is 27.9. The Morgan fingerprint density at radius 3 is 2.27 bits per heavy atom. The predicted molar refractivity (Wildman–Crippen MR) is 145 cm³/mol. The Morgan fingerprint density at radius 1 is 0.892 bits per heavy atom. The van der Waals surface area contributed by atoms with Crippen LogP contribution >= 0.6 is 0 Å². The molecule has 37 heavy (non-hydrogen) atoms. The van der Waals surface area contributed by atoms with Gasteiger partial charge >= 0.3 is 0 Å². The molecule has 0 spiro atoms. The van der Waals surface area contributed by atoms with Gasteiger partial charge in [0.2, 0.25) is 0 Å². The second-order valence-corrected chi connectivity index (χ2v) is 9.62. The summed E-state index contributed by atoms with van der Waals surface area (Å²) in [7, 11) is 1.58. The first-order valence-electron chi connectivity index (χ1n) is 12.4. The second-order valence-electron chi connectivity index (χ2n) is 9.62. The van der Waals surface area contributed by atoms with Crippen LogP contribution in [0.1, 0.15) is 48.1 Å². The van der Waals surface area contributed by atoms with E-state index in [9.17, 15) is 14.7 Å². The van der Waals surface area contributed by atoms with E-state index in [2.05, 4.69) is 13.8 Å². The number of Topliss-reactive ketones (excluding diaryl/α,β-unsaturated/α-hetero) is 1. The number of hydrogen-bond donors (Lipinski definition) is 1. The first-order chi connectivity index (χ1) is 17.9. The van der Waals surface area contributed by atoms with Crippen LogP contribution in [0.2, 0.25) is 0 Å². The van der Waals surface area contributed by atoms with Crippen molar-refractivity contribution >= 4 is 28.2 Å². The van der Waals surface area contributed by atoms with Gasteiger partial charge in [-0.25, -0.2) is 0 Å². The summed E-state index contributed by atoms with van der Waals surface area (Å²) in [4.78, 5) is 28.4. The third kappa shape index (κ3) is 4.49. The van der Waals surface area contributed by atoms with E-state index in [0.29, 0.717) is 17.2 Å². The molecule has 1 aliphatic heterocycles. The van der Waals surface area contributed by atoms with E-state index < -0.39 is 17.7 Å². The summed E-state index contributed by atoms with van der Waals surface area (Å²) in [5.41, 5.74) is 3.28. The van der Waals surface area contributed by atoms with Crippen molar-refractivity contribution in [3.8, 4) is 5.75 Å². The van der Waals surface area contributed by atoms with Crippen molar-refractivity contribution in [2.24, 2.45) is 0 Å². The van der Waals surface area contributed by atoms with Crippen molar-refractivity contribution in [2.75, 3.05) is 7.11 Å². The number of fused-ring (bicyclic) bond motifs is 1. The number of likely N-dealkylation sites (tertiary alicyclic amines) is 1. The van der Waals surface area contributed by atoms with Crippen molar-refractivity contribution < 1.29 is 19.4 Å². The first-order valence-corrected chi connectivity index (χ1v) is 12.4. The molecule has 0 radical (unpaired) electrons. The topological polar surface area (TPSA) is 66.8 Å². The lowest BCUT2D eigenvalue weighted by Crippen LogP contribution is -2.29. The van der Waals surface area contributed by atoms with Gasteiger partial charge in [-0.15, -0.1) is 0 Å². The fourth-order valence-electron chi connectivity index (χ4n) is 4.96. The molecule has 0 aromatic heterocycles. The molecule has 0 bridgehead atoms. The molecular weight excluding hydrogens is 462 g/mol. The lowest BCUT2D eigenvalue weighted by Gasteiger charge is -2.26. The molecule has 0 aliphatic carbocycles. The van der Waals surface area contributed by atoms with Crippen molar-refractivity contribution in [3.63, 3.8) is 0 Å². The van der Waals surface area contributed by atoms with E-state index in [4.69, 9.17) is 4.74 Å². The monoisotopic (exact) mass is 491 g/mol. The highest BCUT2D eigenvalue weighted by atomic mass is 16.5. The molecule has 5 nitrogen and oxygen atoms in total. The van der Waals surface area contributed by atoms with Crippen molar-refractivity contribution in [1.29, 1.82) is 0 Å². The van der Waals surface area contributed by atoms with Gasteiger partial charge in [0, 0.05) is 11.1 Å². The van der Waals surface area contributed by atoms with Gasteiger partial charge in [0.1, 0.15) is 11.5 Å². The Bertz CT molecular complexity index is 1520. The number of hydrogen-bond acceptors (Lipinski definition) is 4. The minimum atomic E-state index is -0.738. The van der Waals surface area contributed by atoms with Crippen molar-refractivity contribution in [1.82, 2.24) is 4.90 Å². The highest BCUT2D eigenvalue weighted by molar-refractivity contribution is 6.46. The number of ether oxygens (including phenoxy) is 1. The molecule has 1 fully saturated rings. The molecule has 1 saturated heterocycles. The number of aliphatic hydroxyl groups excluding tert-OH is 1. The van der Waals surface area contributed by atoms with E-state index in [0.717, 1.165) is 27.5 Å². The van der Waals surface area contributed by atoms with E-state index in [-0.39, 0.29) is 17.9 Å². The Hall–Kier alpha value is -4.38. The van der Waals surface area contributed by atoms with Gasteiger partial charge in [0.15, 0.2) is 0 Å². The van der Waals surface area contributed by atoms with Gasteiger partial charge in [0.05, 0.1) is 25.3 Å². The number of carbonyl (C=O) groups excluding carboxylic acids is 2. The number of carbonyl (C=O) groups is 2. The Labute approximate surface area is 216 Å². The predicted octanol–water partition coefficient (Wildman–Crippen LogP) is 6.59. The van der Waals surface area contributed by atoms with Gasteiger partial charge in [-0.2, -0.15) is 0 Å². The largest absolute Gasteiger partial charge is 0.507 e. The molecule has 4 aromatic carbocycles. The van der Waals surface area contributed by atoms with Crippen LogP contribution in [0.5, 0.6) is 5.75 Å². The number of rotatable bonds is 6. The molecule has 1 heterocycles. The molecule has 1 atom stereocenters. The summed E-state index contributed by atoms with van der Waals surface area (Å²) >= 11 is 0. The molecule has 1 aliphatic rings. The number of ketones is 1. The normalized spacial score (nSPS) is 17.1. The zero-order valence-electron chi connectivity index (χ0n) is 21.1. The van der Waals surface area contributed by atoms with Crippen LogP contribution in [0.3, 0.4) is 0 Å². The fraction of sp³-hybridized carbons (Fsp3) is 0.188. The lowest BCUT2D eigenvalue weighted by molar-refractivity contribution is -0.140. The molecule has 0 saturated carbocycles. The molecule has 5 heteroatoms. The van der Waals surface area contributed by atoms with E-state index in [1.54, 1.807) is 13.2 Å². The molecule has 5 rings (SSSR count). The molecule has 4 aromatic rings. The zero-order chi connectivity index (χ0) is 26.1. The van der Waals surface area contributed by atoms with Crippen LogP contribution in [-0.2, 0) is 16.1 Å².